The maximum Gasteiger partial charge on any atom is 0.240 e. The number of nitrogens with one attached hydrogen (secondary N) is 2. The number of aryl methyl sites for hydroxylation is 2. The Bertz CT molecular complexity index is 841. The fourth-order valence-electron chi connectivity index (χ4n) is 3.50. The molecule has 6 nitrogen and oxygen atoms in total. The fraction of sp³-hybridized carbons (Fsp3) is 0.500. The highest BCUT2D eigenvalue weighted by molar-refractivity contribution is 7.15. The molecule has 1 aromatic carbocycles. The molecule has 3 rings (SSSR count). The third kappa shape index (κ3) is 5.87. The van der Waals surface area contributed by atoms with Crippen molar-refractivity contribution in [3.63, 3.8) is 0 Å². The van der Waals surface area contributed by atoms with Crippen LogP contribution in [0.5, 0.6) is 0 Å². The van der Waals surface area contributed by atoms with E-state index in [1.807, 2.05) is 26.0 Å². The van der Waals surface area contributed by atoms with Gasteiger partial charge in [0.05, 0.1) is 18.2 Å². The predicted molar refractivity (Wildman–Crippen MR) is 119 cm³/mol. The summed E-state index contributed by atoms with van der Waals surface area (Å²) in [6.07, 6.45) is 1.76. The molecule has 1 aliphatic heterocycles. The average Bonchev–Trinajstić information content (AvgIpc) is 2.99. The third-order valence-electron chi connectivity index (χ3n) is 5.36. The minimum absolute atomic E-state index is 0.0265. The molecule has 0 aliphatic carbocycles. The lowest BCUT2D eigenvalue weighted by molar-refractivity contribution is -0.123. The number of aromatic nitrogens is 1. The van der Waals surface area contributed by atoms with Crippen LogP contribution >= 0.6 is 11.3 Å². The van der Waals surface area contributed by atoms with Crippen LogP contribution in [0.1, 0.15) is 48.7 Å². The van der Waals surface area contributed by atoms with E-state index in [4.69, 9.17) is 0 Å². The average molecular weight is 415 g/mol. The molecule has 1 aromatic heterocycles. The van der Waals surface area contributed by atoms with Crippen LogP contribution < -0.4 is 10.6 Å². The van der Waals surface area contributed by atoms with E-state index in [1.165, 1.54) is 16.9 Å². The van der Waals surface area contributed by atoms with E-state index in [0.717, 1.165) is 35.6 Å². The van der Waals surface area contributed by atoms with Crippen LogP contribution in [-0.2, 0) is 9.59 Å². The van der Waals surface area contributed by atoms with Crippen molar-refractivity contribution in [3.05, 3.63) is 40.4 Å². The zero-order valence-electron chi connectivity index (χ0n) is 17.6. The van der Waals surface area contributed by atoms with Crippen molar-refractivity contribution in [2.24, 2.45) is 5.92 Å². The van der Waals surface area contributed by atoms with E-state index >= 15 is 0 Å². The van der Waals surface area contributed by atoms with Gasteiger partial charge in [-0.1, -0.05) is 26.0 Å². The van der Waals surface area contributed by atoms with Crippen molar-refractivity contribution in [3.8, 4) is 0 Å². The molecular weight excluding hydrogens is 384 g/mol. The Hall–Kier alpha value is -2.25. The second kappa shape index (κ2) is 9.50. The summed E-state index contributed by atoms with van der Waals surface area (Å²) in [7, 11) is 0. The molecule has 1 saturated heterocycles. The molecule has 1 aliphatic rings. The number of nitrogens with zero attached hydrogens (tertiary/aromatic N) is 2. The Morgan fingerprint density at radius 2 is 1.93 bits per heavy atom. The van der Waals surface area contributed by atoms with Crippen LogP contribution in [0.25, 0.3) is 0 Å². The van der Waals surface area contributed by atoms with Gasteiger partial charge in [0.15, 0.2) is 5.13 Å². The number of rotatable bonds is 6. The Kier molecular flexibility index (Phi) is 7.03. The lowest BCUT2D eigenvalue weighted by Crippen LogP contribution is -2.43. The van der Waals surface area contributed by atoms with Gasteiger partial charge in [-0.15, -0.1) is 11.3 Å². The number of carbonyl (C=O) groups excluding carboxylic acids is 2. The van der Waals surface area contributed by atoms with Gasteiger partial charge in [0.25, 0.3) is 0 Å². The first kappa shape index (κ1) is 21.5. The van der Waals surface area contributed by atoms with Gasteiger partial charge in [-0.25, -0.2) is 4.98 Å². The Labute approximate surface area is 176 Å². The number of anilines is 2. The highest BCUT2D eigenvalue weighted by Gasteiger charge is 2.27. The van der Waals surface area contributed by atoms with E-state index in [9.17, 15) is 9.59 Å². The number of benzene rings is 1. The molecule has 0 saturated carbocycles. The quantitative estimate of drug-likeness (QED) is 0.744. The summed E-state index contributed by atoms with van der Waals surface area (Å²) >= 11 is 1.49. The number of thiazole rings is 1. The van der Waals surface area contributed by atoms with Gasteiger partial charge in [0.2, 0.25) is 11.8 Å². The number of amides is 2. The minimum Gasteiger partial charge on any atom is -0.326 e. The molecule has 1 atom stereocenters. The Balaban J connectivity index is 1.51. The number of likely N-dealkylation sites (tertiary alicyclic amines) is 1. The molecular formula is C22H30N4O2S. The van der Waals surface area contributed by atoms with Crippen LogP contribution in [0.3, 0.4) is 0 Å². The summed E-state index contributed by atoms with van der Waals surface area (Å²) in [6, 6.07) is 8.03. The molecule has 2 heterocycles. The van der Waals surface area contributed by atoms with Crippen LogP contribution in [0, 0.1) is 19.8 Å². The van der Waals surface area contributed by atoms with E-state index in [0.29, 0.717) is 17.6 Å². The summed E-state index contributed by atoms with van der Waals surface area (Å²) in [5, 5.41) is 6.54. The number of hydrogen-bond donors (Lipinski definition) is 2. The molecule has 2 aromatic rings. The molecule has 2 N–H and O–H groups in total. The zero-order valence-corrected chi connectivity index (χ0v) is 18.4. The fourth-order valence-corrected chi connectivity index (χ4v) is 4.33. The molecule has 2 amide bonds. The zero-order chi connectivity index (χ0) is 21.0. The van der Waals surface area contributed by atoms with Gasteiger partial charge in [-0.2, -0.15) is 0 Å². The van der Waals surface area contributed by atoms with Crippen LogP contribution in [0.4, 0.5) is 10.8 Å². The van der Waals surface area contributed by atoms with Crippen molar-refractivity contribution < 1.29 is 9.59 Å². The summed E-state index contributed by atoms with van der Waals surface area (Å²) < 4.78 is 0. The van der Waals surface area contributed by atoms with Gasteiger partial charge < -0.3 is 10.6 Å². The maximum atomic E-state index is 12.7. The van der Waals surface area contributed by atoms with Crippen LogP contribution in [-0.4, -0.2) is 41.3 Å². The normalized spacial score (nSPS) is 17.3. The summed E-state index contributed by atoms with van der Waals surface area (Å²) in [5.41, 5.74) is 3.02. The summed E-state index contributed by atoms with van der Waals surface area (Å²) in [6.45, 7) is 9.94. The summed E-state index contributed by atoms with van der Waals surface area (Å²) in [5.74, 6) is 0.309. The predicted octanol–water partition coefficient (Wildman–Crippen LogP) is 4.17. The SMILES string of the molecule is Cc1nc(NC(=O)CN2CCCC(C(=O)Nc3ccc(C(C)C)cc3)C2)sc1C. The molecule has 29 heavy (non-hydrogen) atoms. The number of hydrogen-bond acceptors (Lipinski definition) is 5. The first-order valence-corrected chi connectivity index (χ1v) is 11.0. The van der Waals surface area contributed by atoms with Crippen molar-refractivity contribution >= 4 is 34.0 Å². The lowest BCUT2D eigenvalue weighted by Gasteiger charge is -2.31. The minimum atomic E-state index is -0.106. The molecule has 0 bridgehead atoms. The topological polar surface area (TPSA) is 74.3 Å². The van der Waals surface area contributed by atoms with Gasteiger partial charge in [0, 0.05) is 17.1 Å². The Morgan fingerprint density at radius 1 is 1.21 bits per heavy atom. The molecule has 156 valence electrons. The van der Waals surface area contributed by atoms with Crippen molar-refractivity contribution in [2.75, 3.05) is 30.3 Å². The van der Waals surface area contributed by atoms with Crippen molar-refractivity contribution in [1.29, 1.82) is 0 Å². The van der Waals surface area contributed by atoms with E-state index in [1.54, 1.807) is 0 Å². The molecule has 7 heteroatoms. The van der Waals surface area contributed by atoms with Crippen molar-refractivity contribution in [2.45, 2.75) is 46.5 Å². The Morgan fingerprint density at radius 3 is 2.55 bits per heavy atom. The standard InChI is InChI=1S/C22H30N4O2S/c1-14(2)17-7-9-19(10-8-17)24-21(28)18-6-5-11-26(12-18)13-20(27)25-22-23-15(3)16(4)29-22/h7-10,14,18H,5-6,11-13H2,1-4H3,(H,24,28)(H,23,25,27). The monoisotopic (exact) mass is 414 g/mol. The highest BCUT2D eigenvalue weighted by Crippen LogP contribution is 2.23. The molecule has 1 fully saturated rings. The largest absolute Gasteiger partial charge is 0.326 e. The second-order valence-electron chi connectivity index (χ2n) is 8.05. The van der Waals surface area contributed by atoms with Crippen LogP contribution in [0.15, 0.2) is 24.3 Å². The van der Waals surface area contributed by atoms with Gasteiger partial charge >= 0.3 is 0 Å². The highest BCUT2D eigenvalue weighted by atomic mass is 32.1. The van der Waals surface area contributed by atoms with Crippen LogP contribution in [0.2, 0.25) is 0 Å². The molecule has 0 radical (unpaired) electrons. The first-order chi connectivity index (χ1) is 13.8. The second-order valence-corrected chi connectivity index (χ2v) is 9.25. The number of piperidine rings is 1. The summed E-state index contributed by atoms with van der Waals surface area (Å²) in [4.78, 5) is 32.6. The van der Waals surface area contributed by atoms with Gasteiger partial charge in [-0.05, 0) is 56.8 Å². The maximum absolute atomic E-state index is 12.7. The smallest absolute Gasteiger partial charge is 0.240 e. The van der Waals surface area contributed by atoms with E-state index < -0.39 is 0 Å². The van der Waals surface area contributed by atoms with Gasteiger partial charge in [0.1, 0.15) is 0 Å². The number of carbonyl (C=O) groups is 2. The lowest BCUT2D eigenvalue weighted by atomic mass is 9.97. The molecule has 1 unspecified atom stereocenters. The van der Waals surface area contributed by atoms with E-state index in [2.05, 4.69) is 46.5 Å². The third-order valence-corrected chi connectivity index (χ3v) is 6.35. The van der Waals surface area contributed by atoms with Crippen molar-refractivity contribution in [1.82, 2.24) is 9.88 Å². The van der Waals surface area contributed by atoms with E-state index in [-0.39, 0.29) is 24.3 Å². The first-order valence-electron chi connectivity index (χ1n) is 10.2. The molecule has 0 spiro atoms. The van der Waals surface area contributed by atoms with Gasteiger partial charge in [-0.3, -0.25) is 14.5 Å².